The molecule has 0 heterocycles. The molecule has 0 bridgehead atoms. The zero-order valence-electron chi connectivity index (χ0n) is 11.7. The molecule has 0 fully saturated rings. The molecular formula is C12H25NO4S. The van der Waals surface area contributed by atoms with Crippen molar-refractivity contribution in [2.75, 3.05) is 5.75 Å². The molecule has 6 heteroatoms. The molecule has 1 atom stereocenters. The predicted molar refractivity (Wildman–Crippen MR) is 71.9 cm³/mol. The zero-order chi connectivity index (χ0) is 14.4. The number of nitrogens with one attached hydrogen (secondary N) is 1. The average Bonchev–Trinajstić information content (AvgIpc) is 2.09. The molecule has 0 spiro atoms. The van der Waals surface area contributed by atoms with E-state index in [4.69, 9.17) is 5.11 Å². The molecule has 0 rings (SSSR count). The third-order valence-corrected chi connectivity index (χ3v) is 3.91. The molecule has 0 radical (unpaired) electrons. The van der Waals surface area contributed by atoms with Crippen molar-refractivity contribution in [3.8, 4) is 0 Å². The summed E-state index contributed by atoms with van der Waals surface area (Å²) in [5.74, 6) is -0.925. The number of carboxylic acids is 1. The maximum absolute atomic E-state index is 11.8. The molecule has 5 nitrogen and oxygen atoms in total. The summed E-state index contributed by atoms with van der Waals surface area (Å²) in [7, 11) is -3.37. The van der Waals surface area contributed by atoms with Gasteiger partial charge < -0.3 is 5.11 Å². The minimum Gasteiger partial charge on any atom is -0.481 e. The second-order valence-electron chi connectivity index (χ2n) is 5.85. The van der Waals surface area contributed by atoms with Crippen molar-refractivity contribution in [2.24, 2.45) is 5.41 Å². The van der Waals surface area contributed by atoms with Gasteiger partial charge in [0.2, 0.25) is 10.0 Å². The maximum Gasteiger partial charge on any atom is 0.304 e. The molecule has 2 N–H and O–H groups in total. The van der Waals surface area contributed by atoms with Crippen LogP contribution in [0.25, 0.3) is 0 Å². The van der Waals surface area contributed by atoms with E-state index in [1.807, 2.05) is 27.7 Å². The Morgan fingerprint density at radius 1 is 1.33 bits per heavy atom. The first-order valence-electron chi connectivity index (χ1n) is 6.27. The second kappa shape index (κ2) is 7.09. The van der Waals surface area contributed by atoms with Gasteiger partial charge in [-0.3, -0.25) is 4.79 Å². The average molecular weight is 279 g/mol. The number of rotatable bonds is 8. The molecule has 0 aliphatic carbocycles. The SMILES string of the molecule is CCCCS(=O)(=O)NC(CC(=O)O)CC(C)(C)C. The van der Waals surface area contributed by atoms with E-state index in [-0.39, 0.29) is 17.6 Å². The van der Waals surface area contributed by atoms with Gasteiger partial charge in [-0.1, -0.05) is 34.1 Å². The molecule has 0 aromatic rings. The van der Waals surface area contributed by atoms with Crippen molar-refractivity contribution in [1.29, 1.82) is 0 Å². The first kappa shape index (κ1) is 17.4. The van der Waals surface area contributed by atoms with Crippen LogP contribution in [0.15, 0.2) is 0 Å². The minimum atomic E-state index is -3.37. The van der Waals surface area contributed by atoms with Crippen LogP contribution in [0.1, 0.15) is 53.4 Å². The lowest BCUT2D eigenvalue weighted by molar-refractivity contribution is -0.137. The maximum atomic E-state index is 11.8. The molecule has 0 aliphatic heterocycles. The fourth-order valence-electron chi connectivity index (χ4n) is 1.75. The first-order valence-corrected chi connectivity index (χ1v) is 7.93. The zero-order valence-corrected chi connectivity index (χ0v) is 12.5. The van der Waals surface area contributed by atoms with Gasteiger partial charge in [-0.15, -0.1) is 0 Å². The molecule has 0 amide bonds. The summed E-state index contributed by atoms with van der Waals surface area (Å²) < 4.78 is 26.0. The lowest BCUT2D eigenvalue weighted by atomic mass is 9.87. The van der Waals surface area contributed by atoms with E-state index in [9.17, 15) is 13.2 Å². The number of sulfonamides is 1. The van der Waals surface area contributed by atoms with Crippen molar-refractivity contribution in [2.45, 2.75) is 59.4 Å². The molecule has 1 unspecified atom stereocenters. The number of unbranched alkanes of at least 4 members (excludes halogenated alkanes) is 1. The smallest absolute Gasteiger partial charge is 0.304 e. The Morgan fingerprint density at radius 2 is 1.89 bits per heavy atom. The van der Waals surface area contributed by atoms with E-state index < -0.39 is 22.0 Å². The third-order valence-electron chi connectivity index (χ3n) is 2.39. The van der Waals surface area contributed by atoms with Crippen LogP contribution in [0.4, 0.5) is 0 Å². The largest absolute Gasteiger partial charge is 0.481 e. The van der Waals surface area contributed by atoms with Crippen LogP contribution in [0, 0.1) is 5.41 Å². The summed E-state index contributed by atoms with van der Waals surface area (Å²) in [5, 5.41) is 8.82. The Kier molecular flexibility index (Phi) is 6.84. The van der Waals surface area contributed by atoms with Crippen LogP contribution < -0.4 is 4.72 Å². The van der Waals surface area contributed by atoms with E-state index in [1.54, 1.807) is 0 Å². The summed E-state index contributed by atoms with van der Waals surface area (Å²) in [6, 6.07) is -0.538. The van der Waals surface area contributed by atoms with Crippen molar-refractivity contribution in [3.05, 3.63) is 0 Å². The highest BCUT2D eigenvalue weighted by atomic mass is 32.2. The summed E-state index contributed by atoms with van der Waals surface area (Å²) in [6.45, 7) is 7.80. The quantitative estimate of drug-likeness (QED) is 0.711. The van der Waals surface area contributed by atoms with E-state index >= 15 is 0 Å². The number of carbonyl (C=O) groups is 1. The van der Waals surface area contributed by atoms with Gasteiger partial charge in [0, 0.05) is 6.04 Å². The minimum absolute atomic E-state index is 0.0593. The van der Waals surface area contributed by atoms with Crippen molar-refractivity contribution in [1.82, 2.24) is 4.72 Å². The van der Waals surface area contributed by atoms with Crippen LogP contribution >= 0.6 is 0 Å². The van der Waals surface area contributed by atoms with Gasteiger partial charge in [0.05, 0.1) is 12.2 Å². The van der Waals surface area contributed by atoms with Crippen molar-refractivity contribution >= 4 is 16.0 Å². The lowest BCUT2D eigenvalue weighted by Crippen LogP contribution is -2.40. The van der Waals surface area contributed by atoms with Gasteiger partial charge in [-0.25, -0.2) is 13.1 Å². The van der Waals surface area contributed by atoms with Gasteiger partial charge in [0.15, 0.2) is 0 Å². The lowest BCUT2D eigenvalue weighted by Gasteiger charge is -2.25. The monoisotopic (exact) mass is 279 g/mol. The Labute approximate surface area is 110 Å². The van der Waals surface area contributed by atoms with Crippen LogP contribution in [0.5, 0.6) is 0 Å². The molecule has 0 saturated carbocycles. The number of aliphatic carboxylic acids is 1. The van der Waals surface area contributed by atoms with E-state index in [1.165, 1.54) is 0 Å². The summed E-state index contributed by atoms with van der Waals surface area (Å²) in [6.07, 6.45) is 1.71. The standard InChI is InChI=1S/C12H25NO4S/c1-5-6-7-18(16,17)13-10(8-11(14)15)9-12(2,3)4/h10,13H,5-9H2,1-4H3,(H,14,15). The highest BCUT2D eigenvalue weighted by Crippen LogP contribution is 2.22. The Morgan fingerprint density at radius 3 is 2.28 bits per heavy atom. The number of hydrogen-bond acceptors (Lipinski definition) is 3. The Bertz CT molecular complexity index is 357. The molecule has 108 valence electrons. The van der Waals surface area contributed by atoms with Crippen LogP contribution in [-0.4, -0.2) is 31.3 Å². The van der Waals surface area contributed by atoms with Crippen molar-refractivity contribution < 1.29 is 18.3 Å². The highest BCUT2D eigenvalue weighted by Gasteiger charge is 2.25. The fraction of sp³-hybridized carbons (Fsp3) is 0.917. The number of hydrogen-bond donors (Lipinski definition) is 2. The van der Waals surface area contributed by atoms with Gasteiger partial charge >= 0.3 is 5.97 Å². The van der Waals surface area contributed by atoms with E-state index in [0.717, 1.165) is 6.42 Å². The molecule has 0 saturated heterocycles. The molecule has 0 aromatic heterocycles. The van der Waals surface area contributed by atoms with Crippen LogP contribution in [0.2, 0.25) is 0 Å². The number of carboxylic acid groups (broad SMARTS) is 1. The topological polar surface area (TPSA) is 83.5 Å². The Balaban J connectivity index is 4.63. The third kappa shape index (κ3) is 9.41. The van der Waals surface area contributed by atoms with E-state index in [0.29, 0.717) is 12.8 Å². The van der Waals surface area contributed by atoms with Crippen LogP contribution in [0.3, 0.4) is 0 Å². The Hall–Kier alpha value is -0.620. The second-order valence-corrected chi connectivity index (χ2v) is 7.72. The normalized spacial score (nSPS) is 14.4. The summed E-state index contributed by atoms with van der Waals surface area (Å²) >= 11 is 0. The fourth-order valence-corrected chi connectivity index (χ4v) is 3.21. The summed E-state index contributed by atoms with van der Waals surface area (Å²) in [5.41, 5.74) is -0.118. The molecule has 18 heavy (non-hydrogen) atoms. The molecule has 0 aliphatic rings. The van der Waals surface area contributed by atoms with Gasteiger partial charge in [-0.05, 0) is 18.3 Å². The first-order chi connectivity index (χ1) is 8.06. The van der Waals surface area contributed by atoms with E-state index in [2.05, 4.69) is 4.72 Å². The highest BCUT2D eigenvalue weighted by molar-refractivity contribution is 7.89. The van der Waals surface area contributed by atoms with Crippen molar-refractivity contribution in [3.63, 3.8) is 0 Å². The van der Waals surface area contributed by atoms with Crippen LogP contribution in [-0.2, 0) is 14.8 Å². The molecule has 0 aromatic carbocycles. The predicted octanol–water partition coefficient (Wildman–Crippen LogP) is 1.99. The molecular weight excluding hydrogens is 254 g/mol. The van der Waals surface area contributed by atoms with Gasteiger partial charge in [-0.2, -0.15) is 0 Å². The van der Waals surface area contributed by atoms with Gasteiger partial charge in [0.25, 0.3) is 0 Å². The summed E-state index contributed by atoms with van der Waals surface area (Å²) in [4.78, 5) is 10.8. The van der Waals surface area contributed by atoms with Gasteiger partial charge in [0.1, 0.15) is 0 Å².